The van der Waals surface area contributed by atoms with Crippen LogP contribution < -0.4 is 5.32 Å². The number of rotatable bonds is 3. The Morgan fingerprint density at radius 2 is 2.15 bits per heavy atom. The molecule has 3 rings (SSSR count). The lowest BCUT2D eigenvalue weighted by Crippen LogP contribution is -2.45. The van der Waals surface area contributed by atoms with Crippen molar-refractivity contribution in [3.63, 3.8) is 0 Å². The van der Waals surface area contributed by atoms with E-state index in [1.165, 1.54) is 6.26 Å². The lowest BCUT2D eigenvalue weighted by Gasteiger charge is -2.32. The Kier molecular flexibility index (Phi) is 3.51. The maximum Gasteiger partial charge on any atom is 0.257 e. The van der Waals surface area contributed by atoms with Gasteiger partial charge in [0, 0.05) is 19.1 Å². The number of carbonyl (C=O) groups excluding carboxylic acids is 2. The topological polar surface area (TPSA) is 62.6 Å². The molecule has 5 heteroatoms. The lowest BCUT2D eigenvalue weighted by atomic mass is 9.96. The molecular weight excluding hydrogens is 256 g/mol. The largest absolute Gasteiger partial charge is 0.469 e. The highest BCUT2D eigenvalue weighted by Crippen LogP contribution is 2.23. The van der Waals surface area contributed by atoms with Gasteiger partial charge in [0.05, 0.1) is 17.7 Å². The molecule has 2 aliphatic rings. The molecule has 1 N–H and O–H groups in total. The molecule has 5 nitrogen and oxygen atoms in total. The van der Waals surface area contributed by atoms with Crippen molar-refractivity contribution >= 4 is 11.8 Å². The Labute approximate surface area is 118 Å². The summed E-state index contributed by atoms with van der Waals surface area (Å²) in [4.78, 5) is 26.3. The summed E-state index contributed by atoms with van der Waals surface area (Å²) in [5, 5.41) is 3.03. The second-order valence-corrected chi connectivity index (χ2v) is 5.76. The molecule has 0 aromatic carbocycles. The fourth-order valence-corrected chi connectivity index (χ4v) is 2.70. The van der Waals surface area contributed by atoms with Gasteiger partial charge in [-0.25, -0.2) is 0 Å². The van der Waals surface area contributed by atoms with Gasteiger partial charge in [0.25, 0.3) is 5.91 Å². The molecule has 108 valence electrons. The predicted molar refractivity (Wildman–Crippen MR) is 73.2 cm³/mol. The summed E-state index contributed by atoms with van der Waals surface area (Å²) in [7, 11) is 0. The van der Waals surface area contributed by atoms with Gasteiger partial charge in [-0.15, -0.1) is 0 Å². The van der Waals surface area contributed by atoms with Crippen molar-refractivity contribution in [1.29, 1.82) is 0 Å². The zero-order chi connectivity index (χ0) is 14.1. The van der Waals surface area contributed by atoms with E-state index >= 15 is 0 Å². The molecular formula is C15H20N2O3. The Morgan fingerprint density at radius 1 is 1.35 bits per heavy atom. The zero-order valence-corrected chi connectivity index (χ0v) is 11.7. The monoisotopic (exact) mass is 276 g/mol. The van der Waals surface area contributed by atoms with Crippen molar-refractivity contribution in [2.24, 2.45) is 5.92 Å². The van der Waals surface area contributed by atoms with Crippen LogP contribution in [0.25, 0.3) is 0 Å². The van der Waals surface area contributed by atoms with Crippen molar-refractivity contribution in [3.05, 3.63) is 23.7 Å². The Hall–Kier alpha value is -1.78. The first kappa shape index (κ1) is 13.2. The van der Waals surface area contributed by atoms with Gasteiger partial charge in [0.15, 0.2) is 0 Å². The molecule has 2 amide bonds. The molecule has 1 atom stereocenters. The third-order valence-corrected chi connectivity index (χ3v) is 4.09. The highest BCUT2D eigenvalue weighted by atomic mass is 16.3. The van der Waals surface area contributed by atoms with Crippen molar-refractivity contribution < 1.29 is 14.0 Å². The molecule has 2 heterocycles. The van der Waals surface area contributed by atoms with Gasteiger partial charge in [-0.1, -0.05) is 0 Å². The van der Waals surface area contributed by atoms with E-state index in [0.717, 1.165) is 32.2 Å². The van der Waals surface area contributed by atoms with E-state index in [9.17, 15) is 9.59 Å². The summed E-state index contributed by atoms with van der Waals surface area (Å²) < 4.78 is 5.18. The van der Waals surface area contributed by atoms with Crippen LogP contribution in [0.15, 0.2) is 16.7 Å². The average molecular weight is 276 g/mol. The number of likely N-dealkylation sites (tertiary alicyclic amines) is 1. The van der Waals surface area contributed by atoms with Gasteiger partial charge in [-0.2, -0.15) is 0 Å². The molecule has 1 unspecified atom stereocenters. The van der Waals surface area contributed by atoms with Crippen LogP contribution in [0.5, 0.6) is 0 Å². The summed E-state index contributed by atoms with van der Waals surface area (Å²) in [6.07, 6.45) is 5.46. The molecule has 1 aromatic rings. The lowest BCUT2D eigenvalue weighted by molar-refractivity contribution is -0.126. The van der Waals surface area contributed by atoms with Gasteiger partial charge in [0.2, 0.25) is 5.91 Å². The summed E-state index contributed by atoms with van der Waals surface area (Å²) in [5.41, 5.74) is 0.605. The average Bonchev–Trinajstić information content (AvgIpc) is 3.17. The van der Waals surface area contributed by atoms with Gasteiger partial charge < -0.3 is 14.6 Å². The van der Waals surface area contributed by atoms with Crippen LogP contribution in [0.2, 0.25) is 0 Å². The summed E-state index contributed by atoms with van der Waals surface area (Å²) >= 11 is 0. The first-order valence-electron chi connectivity index (χ1n) is 7.29. The minimum Gasteiger partial charge on any atom is -0.469 e. The molecule has 0 radical (unpaired) electrons. The number of piperidine rings is 1. The van der Waals surface area contributed by atoms with Crippen LogP contribution in [-0.4, -0.2) is 35.8 Å². The highest BCUT2D eigenvalue weighted by molar-refractivity contribution is 5.95. The highest BCUT2D eigenvalue weighted by Gasteiger charge is 2.32. The van der Waals surface area contributed by atoms with Gasteiger partial charge >= 0.3 is 0 Å². The van der Waals surface area contributed by atoms with Crippen LogP contribution in [0, 0.1) is 12.8 Å². The van der Waals surface area contributed by atoms with Crippen LogP contribution in [-0.2, 0) is 4.79 Å². The molecule has 1 saturated carbocycles. The molecule has 1 aliphatic carbocycles. The van der Waals surface area contributed by atoms with Crippen LogP contribution in [0.3, 0.4) is 0 Å². The molecule has 0 bridgehead atoms. The summed E-state index contributed by atoms with van der Waals surface area (Å²) in [5.74, 6) is 0.647. The Morgan fingerprint density at radius 3 is 2.80 bits per heavy atom. The number of carbonyl (C=O) groups is 2. The van der Waals surface area contributed by atoms with E-state index in [0.29, 0.717) is 23.9 Å². The number of hydrogen-bond acceptors (Lipinski definition) is 3. The van der Waals surface area contributed by atoms with Gasteiger partial charge in [-0.05, 0) is 38.7 Å². The van der Waals surface area contributed by atoms with Crippen LogP contribution in [0.4, 0.5) is 0 Å². The Bertz CT molecular complexity index is 519. The summed E-state index contributed by atoms with van der Waals surface area (Å²) in [6.45, 7) is 3.02. The third kappa shape index (κ3) is 2.71. The van der Waals surface area contributed by atoms with Gasteiger partial charge in [-0.3, -0.25) is 9.59 Å². The number of nitrogens with one attached hydrogen (secondary N) is 1. The quantitative estimate of drug-likeness (QED) is 0.914. The number of amides is 2. The minimum atomic E-state index is -0.0690. The van der Waals surface area contributed by atoms with E-state index in [2.05, 4.69) is 5.32 Å². The zero-order valence-electron chi connectivity index (χ0n) is 11.7. The summed E-state index contributed by atoms with van der Waals surface area (Å²) in [6, 6.07) is 2.08. The Balaban J connectivity index is 1.63. The fourth-order valence-electron chi connectivity index (χ4n) is 2.70. The molecule has 0 spiro atoms. The fraction of sp³-hybridized carbons (Fsp3) is 0.600. The molecule has 1 saturated heterocycles. The molecule has 1 aromatic heterocycles. The van der Waals surface area contributed by atoms with Crippen molar-refractivity contribution in [2.45, 2.75) is 38.6 Å². The second-order valence-electron chi connectivity index (χ2n) is 5.76. The molecule has 2 fully saturated rings. The molecule has 1 aliphatic heterocycles. The maximum absolute atomic E-state index is 12.4. The van der Waals surface area contributed by atoms with E-state index in [1.54, 1.807) is 17.9 Å². The van der Waals surface area contributed by atoms with E-state index in [1.807, 2.05) is 0 Å². The SMILES string of the molecule is Cc1occc1C(=O)N1CCCC(C(=O)NC2CC2)C1. The van der Waals surface area contributed by atoms with E-state index in [-0.39, 0.29) is 17.7 Å². The van der Waals surface area contributed by atoms with E-state index in [4.69, 9.17) is 4.42 Å². The standard InChI is InChI=1S/C15H20N2O3/c1-10-13(6-8-20-10)15(19)17-7-2-3-11(9-17)14(18)16-12-4-5-12/h6,8,11-12H,2-5,7,9H2,1H3,(H,16,18). The molecule has 20 heavy (non-hydrogen) atoms. The predicted octanol–water partition coefficient (Wildman–Crippen LogP) is 1.72. The van der Waals surface area contributed by atoms with Crippen molar-refractivity contribution in [3.8, 4) is 0 Å². The number of hydrogen-bond donors (Lipinski definition) is 1. The number of furan rings is 1. The van der Waals surface area contributed by atoms with Crippen LogP contribution >= 0.6 is 0 Å². The number of aryl methyl sites for hydroxylation is 1. The van der Waals surface area contributed by atoms with Crippen molar-refractivity contribution in [2.75, 3.05) is 13.1 Å². The maximum atomic E-state index is 12.4. The third-order valence-electron chi connectivity index (χ3n) is 4.09. The second kappa shape index (κ2) is 5.31. The smallest absolute Gasteiger partial charge is 0.257 e. The first-order chi connectivity index (χ1) is 9.65. The first-order valence-corrected chi connectivity index (χ1v) is 7.29. The minimum absolute atomic E-state index is 0.0276. The normalized spacial score (nSPS) is 22.6. The number of nitrogens with zero attached hydrogens (tertiary/aromatic N) is 1. The van der Waals surface area contributed by atoms with E-state index < -0.39 is 0 Å². The van der Waals surface area contributed by atoms with Gasteiger partial charge in [0.1, 0.15) is 5.76 Å². The van der Waals surface area contributed by atoms with Crippen molar-refractivity contribution in [1.82, 2.24) is 10.2 Å². The van der Waals surface area contributed by atoms with Crippen LogP contribution in [0.1, 0.15) is 41.8 Å².